The lowest BCUT2D eigenvalue weighted by Gasteiger charge is -2.10. The highest BCUT2D eigenvalue weighted by molar-refractivity contribution is 6.20. The van der Waals surface area contributed by atoms with Gasteiger partial charge in [0, 0.05) is 11.6 Å². The summed E-state index contributed by atoms with van der Waals surface area (Å²) in [7, 11) is 0. The minimum Gasteiger partial charge on any atom is -0.420 e. The van der Waals surface area contributed by atoms with Crippen molar-refractivity contribution in [3.8, 4) is 5.75 Å². The zero-order chi connectivity index (χ0) is 9.90. The molecule has 0 aliphatic heterocycles. The number of benzene rings is 1. The predicted molar refractivity (Wildman–Crippen MR) is 43.8 cm³/mol. The SMILES string of the molecule is OCc1ccc(OC(F)(F)Cl)cc1. The molecule has 1 aromatic carbocycles. The molecule has 0 heterocycles. The van der Waals surface area contributed by atoms with Crippen molar-refractivity contribution < 1.29 is 18.6 Å². The maximum atomic E-state index is 12.1. The van der Waals surface area contributed by atoms with E-state index in [-0.39, 0.29) is 12.4 Å². The molecule has 0 radical (unpaired) electrons. The maximum Gasteiger partial charge on any atom is 0.487 e. The van der Waals surface area contributed by atoms with Crippen molar-refractivity contribution in [2.45, 2.75) is 12.2 Å². The Kier molecular flexibility index (Phi) is 3.06. The summed E-state index contributed by atoms with van der Waals surface area (Å²) < 4.78 is 28.2. The van der Waals surface area contributed by atoms with Crippen molar-refractivity contribution >= 4 is 11.6 Å². The molecule has 2 nitrogen and oxygen atoms in total. The Morgan fingerprint density at radius 2 is 1.85 bits per heavy atom. The topological polar surface area (TPSA) is 29.5 Å². The summed E-state index contributed by atoms with van der Waals surface area (Å²) in [5.41, 5.74) is -3.08. The van der Waals surface area contributed by atoms with E-state index in [1.165, 1.54) is 24.3 Å². The molecule has 13 heavy (non-hydrogen) atoms. The highest BCUT2D eigenvalue weighted by Gasteiger charge is 2.27. The Hall–Kier alpha value is -0.870. The van der Waals surface area contributed by atoms with Crippen LogP contribution in [0.1, 0.15) is 5.56 Å². The number of aliphatic hydroxyl groups is 1. The Labute approximate surface area is 78.7 Å². The second kappa shape index (κ2) is 3.89. The van der Waals surface area contributed by atoms with Crippen LogP contribution in [0, 0.1) is 0 Å². The van der Waals surface area contributed by atoms with Gasteiger partial charge in [-0.15, -0.1) is 8.78 Å². The van der Waals surface area contributed by atoms with E-state index in [1.54, 1.807) is 0 Å². The molecule has 72 valence electrons. The van der Waals surface area contributed by atoms with Crippen LogP contribution in [0.5, 0.6) is 5.75 Å². The van der Waals surface area contributed by atoms with Crippen molar-refractivity contribution in [3.05, 3.63) is 29.8 Å². The molecule has 0 fully saturated rings. The minimum absolute atomic E-state index is 0.0443. The predicted octanol–water partition coefficient (Wildman–Crippen LogP) is 2.35. The van der Waals surface area contributed by atoms with Gasteiger partial charge in [-0.3, -0.25) is 0 Å². The summed E-state index contributed by atoms with van der Waals surface area (Å²) in [6.45, 7) is -0.141. The molecule has 0 aliphatic rings. The van der Waals surface area contributed by atoms with E-state index in [4.69, 9.17) is 5.11 Å². The fourth-order valence-corrected chi connectivity index (χ4v) is 0.886. The molecule has 0 saturated heterocycles. The minimum atomic E-state index is -3.69. The third-order valence-electron chi connectivity index (χ3n) is 1.34. The Morgan fingerprint density at radius 3 is 2.23 bits per heavy atom. The van der Waals surface area contributed by atoms with Crippen LogP contribution in [-0.2, 0) is 6.61 Å². The molecule has 0 atom stereocenters. The number of alkyl halides is 3. The van der Waals surface area contributed by atoms with E-state index in [1.807, 2.05) is 0 Å². The Bertz CT molecular complexity index is 268. The summed E-state index contributed by atoms with van der Waals surface area (Å²) in [4.78, 5) is 0. The number of hydrogen-bond donors (Lipinski definition) is 1. The first-order chi connectivity index (χ1) is 6.01. The monoisotopic (exact) mass is 208 g/mol. The Balaban J connectivity index is 2.70. The van der Waals surface area contributed by atoms with Gasteiger partial charge in [0.15, 0.2) is 0 Å². The molecule has 0 aliphatic carbocycles. The van der Waals surface area contributed by atoms with E-state index >= 15 is 0 Å². The van der Waals surface area contributed by atoms with Crippen LogP contribution in [0.2, 0.25) is 0 Å². The maximum absolute atomic E-state index is 12.1. The lowest BCUT2D eigenvalue weighted by atomic mass is 10.2. The second-order valence-corrected chi connectivity index (χ2v) is 2.79. The lowest BCUT2D eigenvalue weighted by molar-refractivity contribution is -0.0964. The molecule has 0 saturated carbocycles. The van der Waals surface area contributed by atoms with E-state index in [9.17, 15) is 8.78 Å². The molecular weight excluding hydrogens is 202 g/mol. The van der Waals surface area contributed by atoms with Crippen LogP contribution in [0.3, 0.4) is 0 Å². The fourth-order valence-electron chi connectivity index (χ4n) is 0.797. The van der Waals surface area contributed by atoms with Gasteiger partial charge >= 0.3 is 5.57 Å². The molecule has 5 heteroatoms. The van der Waals surface area contributed by atoms with Gasteiger partial charge in [0.25, 0.3) is 0 Å². The van der Waals surface area contributed by atoms with Crippen LogP contribution < -0.4 is 4.74 Å². The van der Waals surface area contributed by atoms with Crippen LogP contribution in [-0.4, -0.2) is 10.7 Å². The molecule has 0 aromatic heterocycles. The molecule has 0 amide bonds. The molecule has 0 spiro atoms. The van der Waals surface area contributed by atoms with E-state index in [0.29, 0.717) is 5.56 Å². The summed E-state index contributed by atoms with van der Waals surface area (Å²) in [5, 5.41) is 8.65. The molecule has 1 aromatic rings. The fraction of sp³-hybridized carbons (Fsp3) is 0.250. The van der Waals surface area contributed by atoms with E-state index < -0.39 is 5.57 Å². The summed E-state index contributed by atoms with van der Waals surface area (Å²) in [5.74, 6) is -0.0443. The third kappa shape index (κ3) is 3.57. The first kappa shape index (κ1) is 10.2. The largest absolute Gasteiger partial charge is 0.487 e. The molecule has 1 rings (SSSR count). The normalized spacial score (nSPS) is 11.4. The quantitative estimate of drug-likeness (QED) is 0.773. The lowest BCUT2D eigenvalue weighted by Crippen LogP contribution is -2.15. The van der Waals surface area contributed by atoms with Crippen molar-refractivity contribution in [1.29, 1.82) is 0 Å². The smallest absolute Gasteiger partial charge is 0.420 e. The second-order valence-electron chi connectivity index (χ2n) is 2.35. The first-order valence-electron chi connectivity index (χ1n) is 3.47. The Morgan fingerprint density at radius 1 is 1.31 bits per heavy atom. The number of halogens is 3. The molecular formula is C8H7ClF2O2. The zero-order valence-electron chi connectivity index (χ0n) is 6.51. The van der Waals surface area contributed by atoms with Gasteiger partial charge in [-0.1, -0.05) is 12.1 Å². The zero-order valence-corrected chi connectivity index (χ0v) is 7.26. The van der Waals surface area contributed by atoms with Gasteiger partial charge in [-0.2, -0.15) is 0 Å². The molecule has 1 N–H and O–H groups in total. The van der Waals surface area contributed by atoms with Gasteiger partial charge in [0.05, 0.1) is 6.61 Å². The van der Waals surface area contributed by atoms with Gasteiger partial charge in [0.2, 0.25) is 0 Å². The number of rotatable bonds is 3. The van der Waals surface area contributed by atoms with Crippen LogP contribution in [0.15, 0.2) is 24.3 Å². The van der Waals surface area contributed by atoms with Crippen molar-refractivity contribution in [2.75, 3.05) is 0 Å². The molecule has 0 unspecified atom stereocenters. The summed E-state index contributed by atoms with van der Waals surface area (Å²) in [6, 6.07) is 5.56. The number of hydrogen-bond acceptors (Lipinski definition) is 2. The first-order valence-corrected chi connectivity index (χ1v) is 3.84. The van der Waals surface area contributed by atoms with Gasteiger partial charge in [-0.25, -0.2) is 0 Å². The summed E-state index contributed by atoms with van der Waals surface area (Å²) >= 11 is 4.54. The van der Waals surface area contributed by atoms with Gasteiger partial charge in [0.1, 0.15) is 5.75 Å². The highest BCUT2D eigenvalue weighted by atomic mass is 35.5. The number of aliphatic hydroxyl groups excluding tert-OH is 1. The van der Waals surface area contributed by atoms with Crippen molar-refractivity contribution in [3.63, 3.8) is 0 Å². The van der Waals surface area contributed by atoms with Crippen molar-refractivity contribution in [2.24, 2.45) is 0 Å². The van der Waals surface area contributed by atoms with Crippen LogP contribution in [0.25, 0.3) is 0 Å². The van der Waals surface area contributed by atoms with Crippen LogP contribution in [0.4, 0.5) is 8.78 Å². The average molecular weight is 209 g/mol. The highest BCUT2D eigenvalue weighted by Crippen LogP contribution is 2.24. The number of ether oxygens (including phenoxy) is 1. The van der Waals surface area contributed by atoms with Crippen LogP contribution >= 0.6 is 11.6 Å². The van der Waals surface area contributed by atoms with Crippen molar-refractivity contribution in [1.82, 2.24) is 0 Å². The summed E-state index contributed by atoms with van der Waals surface area (Å²) in [6.07, 6.45) is 0. The van der Waals surface area contributed by atoms with Gasteiger partial charge in [-0.05, 0) is 17.7 Å². The standard InChI is InChI=1S/C8H7ClF2O2/c9-8(10,11)13-7-3-1-6(5-12)2-4-7/h1-4,12H,5H2. The van der Waals surface area contributed by atoms with Gasteiger partial charge < -0.3 is 9.84 Å². The average Bonchev–Trinajstić information content (AvgIpc) is 2.03. The third-order valence-corrected chi connectivity index (χ3v) is 1.42. The molecule has 0 bridgehead atoms. The van der Waals surface area contributed by atoms with E-state index in [2.05, 4.69) is 16.3 Å². The van der Waals surface area contributed by atoms with E-state index in [0.717, 1.165) is 0 Å².